The molecule has 0 saturated carbocycles. The van der Waals surface area contributed by atoms with Gasteiger partial charge < -0.3 is 10.6 Å². The monoisotopic (exact) mass is 364 g/mol. The minimum Gasteiger partial charge on any atom is -0.326 e. The van der Waals surface area contributed by atoms with E-state index in [1.807, 2.05) is 13.8 Å². The van der Waals surface area contributed by atoms with Crippen molar-refractivity contribution in [3.05, 3.63) is 40.1 Å². The minimum absolute atomic E-state index is 0.133. The first-order chi connectivity index (χ1) is 10.4. The van der Waals surface area contributed by atoms with E-state index in [2.05, 4.69) is 31.7 Å². The Kier molecular flexibility index (Phi) is 4.97. The Morgan fingerprint density at radius 3 is 2.14 bits per heavy atom. The van der Waals surface area contributed by atoms with Crippen molar-refractivity contribution in [1.29, 1.82) is 0 Å². The molecule has 0 atom stereocenters. The first-order valence-corrected chi connectivity index (χ1v) is 7.53. The minimum atomic E-state index is -0.162. The van der Waals surface area contributed by atoms with Gasteiger partial charge in [0.1, 0.15) is 6.54 Å². The summed E-state index contributed by atoms with van der Waals surface area (Å²) in [4.78, 5) is 23.0. The molecule has 7 heteroatoms. The van der Waals surface area contributed by atoms with Crippen LogP contribution in [0.1, 0.15) is 18.3 Å². The van der Waals surface area contributed by atoms with Crippen molar-refractivity contribution < 1.29 is 9.59 Å². The van der Waals surface area contributed by atoms with E-state index in [0.29, 0.717) is 11.4 Å². The number of aryl methyl sites for hydroxylation is 1. The lowest BCUT2D eigenvalue weighted by atomic mass is 10.2. The molecule has 1 aromatic carbocycles. The summed E-state index contributed by atoms with van der Waals surface area (Å²) in [5, 5.41) is 9.77. The first kappa shape index (κ1) is 16.2. The van der Waals surface area contributed by atoms with E-state index in [0.717, 1.165) is 15.9 Å². The fraction of sp³-hybridized carbons (Fsp3) is 0.267. The van der Waals surface area contributed by atoms with Gasteiger partial charge in [-0.05, 0) is 54.0 Å². The van der Waals surface area contributed by atoms with Crippen LogP contribution in [0.3, 0.4) is 0 Å². The fourth-order valence-electron chi connectivity index (χ4n) is 2.01. The van der Waals surface area contributed by atoms with Crippen LogP contribution in [0.4, 0.5) is 11.4 Å². The Labute approximate surface area is 137 Å². The van der Waals surface area contributed by atoms with E-state index in [9.17, 15) is 9.59 Å². The summed E-state index contributed by atoms with van der Waals surface area (Å²) in [5.74, 6) is -0.294. The summed E-state index contributed by atoms with van der Waals surface area (Å²) in [6, 6.07) is 6.94. The maximum Gasteiger partial charge on any atom is 0.246 e. The van der Waals surface area contributed by atoms with Gasteiger partial charge in [-0.3, -0.25) is 14.3 Å². The Balaban J connectivity index is 1.99. The Bertz CT molecular complexity index is 707. The van der Waals surface area contributed by atoms with Gasteiger partial charge in [-0.15, -0.1) is 0 Å². The van der Waals surface area contributed by atoms with Crippen LogP contribution in [-0.2, 0) is 16.1 Å². The number of carbonyl (C=O) groups excluding carboxylic acids is 2. The molecule has 0 bridgehead atoms. The molecule has 0 aliphatic heterocycles. The van der Waals surface area contributed by atoms with Gasteiger partial charge in [0.15, 0.2) is 0 Å². The summed E-state index contributed by atoms with van der Waals surface area (Å²) < 4.78 is 2.57. The number of carbonyl (C=O) groups is 2. The number of nitrogens with zero attached hydrogens (tertiary/aromatic N) is 2. The number of halogens is 1. The lowest BCUT2D eigenvalue weighted by molar-refractivity contribution is -0.117. The van der Waals surface area contributed by atoms with Gasteiger partial charge >= 0.3 is 0 Å². The molecule has 0 fully saturated rings. The van der Waals surface area contributed by atoms with Crippen LogP contribution in [0.15, 0.2) is 28.7 Å². The number of anilines is 2. The van der Waals surface area contributed by atoms with E-state index in [1.165, 1.54) is 6.92 Å². The molecule has 0 spiro atoms. The molecule has 6 nitrogen and oxygen atoms in total. The predicted molar refractivity (Wildman–Crippen MR) is 88.8 cm³/mol. The number of aromatic nitrogens is 2. The Morgan fingerprint density at radius 2 is 1.68 bits per heavy atom. The van der Waals surface area contributed by atoms with E-state index in [1.54, 1.807) is 28.9 Å². The third-order valence-corrected chi connectivity index (χ3v) is 4.22. The zero-order valence-corrected chi connectivity index (χ0v) is 14.2. The Hall–Kier alpha value is -2.15. The number of amides is 2. The highest BCUT2D eigenvalue weighted by Gasteiger charge is 2.12. The van der Waals surface area contributed by atoms with Gasteiger partial charge in [0, 0.05) is 18.3 Å². The highest BCUT2D eigenvalue weighted by molar-refractivity contribution is 9.10. The molecule has 1 heterocycles. The molecule has 0 radical (unpaired) electrons. The smallest absolute Gasteiger partial charge is 0.246 e. The lowest BCUT2D eigenvalue weighted by Gasteiger charge is -2.08. The van der Waals surface area contributed by atoms with Crippen molar-refractivity contribution >= 4 is 39.1 Å². The topological polar surface area (TPSA) is 76.0 Å². The molecule has 0 unspecified atom stereocenters. The van der Waals surface area contributed by atoms with Crippen LogP contribution in [0, 0.1) is 13.8 Å². The lowest BCUT2D eigenvalue weighted by Crippen LogP contribution is -2.20. The number of hydrogen-bond donors (Lipinski definition) is 2. The standard InChI is InChI=1S/C15H17BrN4O2/c1-9-15(16)10(2)20(19-9)8-14(22)18-13-6-4-12(5-7-13)17-11(3)21/h4-7H,8H2,1-3H3,(H,17,21)(H,18,22). The van der Waals surface area contributed by atoms with E-state index < -0.39 is 0 Å². The van der Waals surface area contributed by atoms with Crippen LogP contribution < -0.4 is 10.6 Å². The summed E-state index contributed by atoms with van der Waals surface area (Å²) in [7, 11) is 0. The third-order valence-electron chi connectivity index (χ3n) is 3.08. The van der Waals surface area contributed by atoms with E-state index >= 15 is 0 Å². The zero-order valence-electron chi connectivity index (χ0n) is 12.6. The molecule has 0 aliphatic carbocycles. The van der Waals surface area contributed by atoms with Gasteiger partial charge in [-0.2, -0.15) is 5.10 Å². The molecule has 22 heavy (non-hydrogen) atoms. The summed E-state index contributed by atoms with van der Waals surface area (Å²) in [5.41, 5.74) is 3.12. The van der Waals surface area contributed by atoms with Gasteiger partial charge in [0.05, 0.1) is 15.9 Å². The van der Waals surface area contributed by atoms with Crippen LogP contribution >= 0.6 is 15.9 Å². The normalized spacial score (nSPS) is 10.4. The van der Waals surface area contributed by atoms with Gasteiger partial charge in [0.25, 0.3) is 0 Å². The second-order valence-electron chi connectivity index (χ2n) is 4.95. The van der Waals surface area contributed by atoms with Crippen molar-refractivity contribution in [1.82, 2.24) is 9.78 Å². The van der Waals surface area contributed by atoms with Crippen LogP contribution in [-0.4, -0.2) is 21.6 Å². The van der Waals surface area contributed by atoms with Crippen LogP contribution in [0.25, 0.3) is 0 Å². The summed E-state index contributed by atoms with van der Waals surface area (Å²) in [6.45, 7) is 5.37. The fourth-order valence-corrected chi connectivity index (χ4v) is 2.29. The zero-order chi connectivity index (χ0) is 16.3. The molecule has 116 valence electrons. The Morgan fingerprint density at radius 1 is 1.14 bits per heavy atom. The second-order valence-corrected chi connectivity index (χ2v) is 5.74. The van der Waals surface area contributed by atoms with E-state index in [4.69, 9.17) is 0 Å². The third kappa shape index (κ3) is 3.94. The predicted octanol–water partition coefficient (Wildman–Crippen LogP) is 2.86. The average molecular weight is 365 g/mol. The highest BCUT2D eigenvalue weighted by atomic mass is 79.9. The molecule has 1 aromatic heterocycles. The molecule has 0 aliphatic rings. The number of benzene rings is 1. The molecule has 2 amide bonds. The van der Waals surface area contributed by atoms with Crippen molar-refractivity contribution in [2.24, 2.45) is 0 Å². The summed E-state index contributed by atoms with van der Waals surface area (Å²) in [6.07, 6.45) is 0. The molecule has 0 saturated heterocycles. The van der Waals surface area contributed by atoms with Gasteiger partial charge in [-0.25, -0.2) is 0 Å². The number of rotatable bonds is 4. The van der Waals surface area contributed by atoms with Crippen LogP contribution in [0.5, 0.6) is 0 Å². The summed E-state index contributed by atoms with van der Waals surface area (Å²) >= 11 is 3.43. The number of hydrogen-bond acceptors (Lipinski definition) is 3. The van der Waals surface area contributed by atoms with E-state index in [-0.39, 0.29) is 18.4 Å². The molecule has 2 rings (SSSR count). The number of nitrogens with one attached hydrogen (secondary N) is 2. The molecule has 2 N–H and O–H groups in total. The van der Waals surface area contributed by atoms with Crippen molar-refractivity contribution in [2.75, 3.05) is 10.6 Å². The van der Waals surface area contributed by atoms with Crippen LogP contribution in [0.2, 0.25) is 0 Å². The first-order valence-electron chi connectivity index (χ1n) is 6.74. The quantitative estimate of drug-likeness (QED) is 0.875. The highest BCUT2D eigenvalue weighted by Crippen LogP contribution is 2.20. The maximum atomic E-state index is 12.1. The van der Waals surface area contributed by atoms with Crippen molar-refractivity contribution in [3.63, 3.8) is 0 Å². The second kappa shape index (κ2) is 6.74. The van der Waals surface area contributed by atoms with Crippen molar-refractivity contribution in [3.8, 4) is 0 Å². The SMILES string of the molecule is CC(=O)Nc1ccc(NC(=O)Cn2nc(C)c(Br)c2C)cc1. The largest absolute Gasteiger partial charge is 0.326 e. The maximum absolute atomic E-state index is 12.1. The van der Waals surface area contributed by atoms with Gasteiger partial charge in [-0.1, -0.05) is 0 Å². The van der Waals surface area contributed by atoms with Gasteiger partial charge in [0.2, 0.25) is 11.8 Å². The molecule has 2 aromatic rings. The molecular weight excluding hydrogens is 348 g/mol. The van der Waals surface area contributed by atoms with Crippen molar-refractivity contribution in [2.45, 2.75) is 27.3 Å². The average Bonchev–Trinajstić information content (AvgIpc) is 2.68. The molecular formula is C15H17BrN4O2.